The van der Waals surface area contributed by atoms with Crippen molar-refractivity contribution in [2.24, 2.45) is 0 Å². The molecule has 0 fully saturated rings. The van der Waals surface area contributed by atoms with Crippen LogP contribution in [-0.2, 0) is 0 Å². The summed E-state index contributed by atoms with van der Waals surface area (Å²) in [5.41, 5.74) is 1.36. The number of hydrogen-bond donors (Lipinski definition) is 1. The molecule has 0 aliphatic heterocycles. The van der Waals surface area contributed by atoms with Gasteiger partial charge in [-0.1, -0.05) is 41.7 Å². The van der Waals surface area contributed by atoms with E-state index in [9.17, 15) is 13.2 Å². The average Bonchev–Trinajstić information content (AvgIpc) is 2.95. The third-order valence-corrected chi connectivity index (χ3v) is 3.65. The molecular weight excluding hydrogens is 327 g/mol. The largest absolute Gasteiger partial charge is 0.573 e. The first kappa shape index (κ1) is 15.3. The van der Waals surface area contributed by atoms with Crippen LogP contribution in [-0.4, -0.2) is 16.6 Å². The van der Waals surface area contributed by atoms with E-state index in [2.05, 4.69) is 20.3 Å². The Kier molecular flexibility index (Phi) is 4.16. The molecule has 3 aromatic rings. The van der Waals surface area contributed by atoms with Gasteiger partial charge in [0.2, 0.25) is 5.13 Å². The van der Waals surface area contributed by atoms with Gasteiger partial charge in [-0.05, 0) is 24.3 Å². The predicted octanol–water partition coefficient (Wildman–Crippen LogP) is 4.85. The van der Waals surface area contributed by atoms with Gasteiger partial charge in [-0.3, -0.25) is 0 Å². The first-order chi connectivity index (χ1) is 11.0. The van der Waals surface area contributed by atoms with Crippen LogP contribution >= 0.6 is 11.3 Å². The predicted molar refractivity (Wildman–Crippen MR) is 81.8 cm³/mol. The Labute approximate surface area is 133 Å². The minimum Gasteiger partial charge on any atom is -0.406 e. The SMILES string of the molecule is FC(F)(F)Oc1cccc(-c2nnc(Nc3ccccc3)s2)c1. The van der Waals surface area contributed by atoms with Crippen molar-refractivity contribution in [3.8, 4) is 16.3 Å². The summed E-state index contributed by atoms with van der Waals surface area (Å²) in [5, 5.41) is 12.1. The lowest BCUT2D eigenvalue weighted by Gasteiger charge is -2.08. The van der Waals surface area contributed by atoms with Crippen LogP contribution in [0.1, 0.15) is 0 Å². The third kappa shape index (κ3) is 4.19. The summed E-state index contributed by atoms with van der Waals surface area (Å²) in [5.74, 6) is -0.289. The van der Waals surface area contributed by atoms with E-state index in [1.807, 2.05) is 30.3 Å². The van der Waals surface area contributed by atoms with Crippen LogP contribution in [0.15, 0.2) is 54.6 Å². The molecule has 4 nitrogen and oxygen atoms in total. The lowest BCUT2D eigenvalue weighted by molar-refractivity contribution is -0.274. The molecule has 1 heterocycles. The first-order valence-corrected chi connectivity index (χ1v) is 7.33. The number of para-hydroxylation sites is 1. The highest BCUT2D eigenvalue weighted by Crippen LogP contribution is 2.31. The lowest BCUT2D eigenvalue weighted by Crippen LogP contribution is -2.17. The van der Waals surface area contributed by atoms with Crippen molar-refractivity contribution in [2.75, 3.05) is 5.32 Å². The van der Waals surface area contributed by atoms with Crippen LogP contribution in [0.2, 0.25) is 0 Å². The zero-order chi connectivity index (χ0) is 16.3. The number of benzene rings is 2. The summed E-state index contributed by atoms with van der Waals surface area (Å²) in [6.07, 6.45) is -4.72. The number of alkyl halides is 3. The zero-order valence-corrected chi connectivity index (χ0v) is 12.4. The van der Waals surface area contributed by atoms with Gasteiger partial charge in [-0.25, -0.2) is 0 Å². The molecule has 0 radical (unpaired) electrons. The van der Waals surface area contributed by atoms with E-state index in [1.165, 1.54) is 29.5 Å². The van der Waals surface area contributed by atoms with Gasteiger partial charge in [-0.15, -0.1) is 23.4 Å². The van der Waals surface area contributed by atoms with E-state index in [4.69, 9.17) is 0 Å². The zero-order valence-electron chi connectivity index (χ0n) is 11.5. The number of anilines is 2. The molecule has 118 valence electrons. The topological polar surface area (TPSA) is 47.0 Å². The van der Waals surface area contributed by atoms with E-state index in [-0.39, 0.29) is 5.75 Å². The first-order valence-electron chi connectivity index (χ1n) is 6.51. The Hall–Kier alpha value is -2.61. The van der Waals surface area contributed by atoms with Gasteiger partial charge in [-0.2, -0.15) is 0 Å². The van der Waals surface area contributed by atoms with Crippen molar-refractivity contribution in [3.63, 3.8) is 0 Å². The van der Waals surface area contributed by atoms with E-state index in [0.717, 1.165) is 5.69 Å². The van der Waals surface area contributed by atoms with Crippen LogP contribution in [0.4, 0.5) is 24.0 Å². The second-order valence-electron chi connectivity index (χ2n) is 4.48. The Morgan fingerprint density at radius 2 is 1.74 bits per heavy atom. The molecule has 0 aliphatic carbocycles. The molecule has 0 spiro atoms. The molecule has 1 N–H and O–H groups in total. The van der Waals surface area contributed by atoms with Gasteiger partial charge in [0.05, 0.1) is 0 Å². The second kappa shape index (κ2) is 6.25. The van der Waals surface area contributed by atoms with Crippen molar-refractivity contribution >= 4 is 22.2 Å². The smallest absolute Gasteiger partial charge is 0.406 e. The minimum atomic E-state index is -4.72. The van der Waals surface area contributed by atoms with Crippen molar-refractivity contribution in [3.05, 3.63) is 54.6 Å². The van der Waals surface area contributed by atoms with Gasteiger partial charge in [0, 0.05) is 11.3 Å². The highest BCUT2D eigenvalue weighted by molar-refractivity contribution is 7.18. The number of ether oxygens (including phenoxy) is 1. The highest BCUT2D eigenvalue weighted by atomic mass is 32.1. The summed E-state index contributed by atoms with van der Waals surface area (Å²) in [6.45, 7) is 0. The fraction of sp³-hybridized carbons (Fsp3) is 0.0667. The monoisotopic (exact) mass is 337 g/mol. The third-order valence-electron chi connectivity index (χ3n) is 2.76. The van der Waals surface area contributed by atoms with Gasteiger partial charge in [0.25, 0.3) is 0 Å². The standard InChI is InChI=1S/C15H10F3N3OS/c16-15(17,18)22-12-8-4-5-10(9-12)13-20-21-14(23-13)19-11-6-2-1-3-7-11/h1-9H,(H,19,21). The van der Waals surface area contributed by atoms with Crippen LogP contribution in [0.5, 0.6) is 5.75 Å². The fourth-order valence-electron chi connectivity index (χ4n) is 1.86. The summed E-state index contributed by atoms with van der Waals surface area (Å²) in [4.78, 5) is 0. The molecule has 0 saturated heterocycles. The van der Waals surface area contributed by atoms with Crippen LogP contribution in [0, 0.1) is 0 Å². The molecule has 1 aromatic heterocycles. The Morgan fingerprint density at radius 1 is 0.957 bits per heavy atom. The van der Waals surface area contributed by atoms with E-state index in [1.54, 1.807) is 6.07 Å². The molecule has 3 rings (SSSR count). The van der Waals surface area contributed by atoms with Crippen molar-refractivity contribution in [1.82, 2.24) is 10.2 Å². The van der Waals surface area contributed by atoms with Crippen LogP contribution in [0.25, 0.3) is 10.6 Å². The van der Waals surface area contributed by atoms with E-state index < -0.39 is 6.36 Å². The maximum Gasteiger partial charge on any atom is 0.573 e. The summed E-state index contributed by atoms with van der Waals surface area (Å²) in [7, 11) is 0. The van der Waals surface area contributed by atoms with Gasteiger partial charge < -0.3 is 10.1 Å². The van der Waals surface area contributed by atoms with Crippen molar-refractivity contribution in [2.45, 2.75) is 6.36 Å². The molecule has 8 heteroatoms. The number of aromatic nitrogens is 2. The molecular formula is C15H10F3N3OS. The molecule has 0 aliphatic rings. The molecule has 0 atom stereocenters. The summed E-state index contributed by atoms with van der Waals surface area (Å²) in [6, 6.07) is 15.0. The maximum absolute atomic E-state index is 12.3. The average molecular weight is 337 g/mol. The number of hydrogen-bond acceptors (Lipinski definition) is 5. The van der Waals surface area contributed by atoms with Crippen LogP contribution in [0.3, 0.4) is 0 Å². The quantitative estimate of drug-likeness (QED) is 0.739. The Bertz CT molecular complexity index is 790. The number of nitrogens with one attached hydrogen (secondary N) is 1. The number of halogens is 3. The number of rotatable bonds is 4. The highest BCUT2D eigenvalue weighted by Gasteiger charge is 2.31. The Morgan fingerprint density at radius 3 is 2.48 bits per heavy atom. The molecule has 0 bridgehead atoms. The minimum absolute atomic E-state index is 0.289. The summed E-state index contributed by atoms with van der Waals surface area (Å²) >= 11 is 1.24. The molecule has 0 saturated carbocycles. The maximum atomic E-state index is 12.3. The van der Waals surface area contributed by atoms with Gasteiger partial charge in [0.15, 0.2) is 0 Å². The summed E-state index contributed by atoms with van der Waals surface area (Å²) < 4.78 is 40.7. The molecule has 0 unspecified atom stereocenters. The van der Waals surface area contributed by atoms with Crippen molar-refractivity contribution < 1.29 is 17.9 Å². The number of nitrogens with zero attached hydrogens (tertiary/aromatic N) is 2. The van der Waals surface area contributed by atoms with Crippen LogP contribution < -0.4 is 10.1 Å². The van der Waals surface area contributed by atoms with E-state index >= 15 is 0 Å². The molecule has 0 amide bonds. The normalized spacial score (nSPS) is 11.3. The van der Waals surface area contributed by atoms with Gasteiger partial charge in [0.1, 0.15) is 10.8 Å². The van der Waals surface area contributed by atoms with Gasteiger partial charge >= 0.3 is 6.36 Å². The molecule has 2 aromatic carbocycles. The van der Waals surface area contributed by atoms with E-state index in [0.29, 0.717) is 15.7 Å². The fourth-order valence-corrected chi connectivity index (χ4v) is 2.62. The van der Waals surface area contributed by atoms with Crippen molar-refractivity contribution in [1.29, 1.82) is 0 Å². The Balaban J connectivity index is 1.79. The lowest BCUT2D eigenvalue weighted by atomic mass is 10.2. The molecule has 23 heavy (non-hydrogen) atoms. The second-order valence-corrected chi connectivity index (χ2v) is 5.46.